The SMILES string of the molecule is CC(=O)c1ccc(C(=O)OCC(=O)Nc2ccc(Cl)cc2)s1. The average molecular weight is 338 g/mol. The summed E-state index contributed by atoms with van der Waals surface area (Å²) < 4.78 is 4.90. The Balaban J connectivity index is 1.86. The third kappa shape index (κ3) is 4.41. The van der Waals surface area contributed by atoms with E-state index >= 15 is 0 Å². The van der Waals surface area contributed by atoms with Crippen molar-refractivity contribution in [2.24, 2.45) is 0 Å². The summed E-state index contributed by atoms with van der Waals surface area (Å²) in [5.74, 6) is -1.22. The average Bonchev–Trinajstić information content (AvgIpc) is 2.97. The molecule has 1 amide bonds. The summed E-state index contributed by atoms with van der Waals surface area (Å²) in [6.45, 7) is 1.01. The summed E-state index contributed by atoms with van der Waals surface area (Å²) in [5.41, 5.74) is 0.556. The third-order valence-electron chi connectivity index (χ3n) is 2.62. The molecule has 114 valence electrons. The first-order chi connectivity index (χ1) is 10.5. The highest BCUT2D eigenvalue weighted by Crippen LogP contribution is 2.18. The molecule has 1 aromatic heterocycles. The molecule has 2 aromatic rings. The predicted molar refractivity (Wildman–Crippen MR) is 84.7 cm³/mol. The Morgan fingerprint density at radius 1 is 1.09 bits per heavy atom. The Morgan fingerprint density at radius 3 is 2.32 bits per heavy atom. The molecule has 0 radical (unpaired) electrons. The number of anilines is 1. The van der Waals surface area contributed by atoms with E-state index in [1.807, 2.05) is 0 Å². The van der Waals surface area contributed by atoms with Crippen LogP contribution in [0.3, 0.4) is 0 Å². The van der Waals surface area contributed by atoms with Crippen LogP contribution in [-0.4, -0.2) is 24.3 Å². The van der Waals surface area contributed by atoms with Gasteiger partial charge in [-0.2, -0.15) is 0 Å². The number of thiophene rings is 1. The van der Waals surface area contributed by atoms with E-state index in [0.29, 0.717) is 15.6 Å². The number of halogens is 1. The fourth-order valence-electron chi connectivity index (χ4n) is 1.57. The number of carbonyl (C=O) groups is 3. The maximum absolute atomic E-state index is 11.8. The van der Waals surface area contributed by atoms with Crippen molar-refractivity contribution in [3.63, 3.8) is 0 Å². The lowest BCUT2D eigenvalue weighted by molar-refractivity contribution is -0.119. The molecule has 0 fully saturated rings. The van der Waals surface area contributed by atoms with Gasteiger partial charge in [0.1, 0.15) is 4.88 Å². The number of Topliss-reactive ketones (excluding diaryl/α,β-unsaturated/α-hetero) is 1. The Hall–Kier alpha value is -2.18. The van der Waals surface area contributed by atoms with Gasteiger partial charge in [-0.25, -0.2) is 4.79 Å². The van der Waals surface area contributed by atoms with Gasteiger partial charge in [0.2, 0.25) is 0 Å². The molecule has 0 atom stereocenters. The lowest BCUT2D eigenvalue weighted by Crippen LogP contribution is -2.20. The molecule has 1 heterocycles. The van der Waals surface area contributed by atoms with E-state index < -0.39 is 18.5 Å². The molecule has 0 aliphatic carbocycles. The number of amides is 1. The number of benzene rings is 1. The predicted octanol–water partition coefficient (Wildman–Crippen LogP) is 3.40. The zero-order valence-electron chi connectivity index (χ0n) is 11.6. The van der Waals surface area contributed by atoms with E-state index in [1.165, 1.54) is 13.0 Å². The van der Waals surface area contributed by atoms with Gasteiger partial charge in [-0.3, -0.25) is 9.59 Å². The standard InChI is InChI=1S/C15H12ClNO4S/c1-9(18)12-6-7-13(22-12)15(20)21-8-14(19)17-11-4-2-10(16)3-5-11/h2-7H,8H2,1H3,(H,17,19). The van der Waals surface area contributed by atoms with E-state index in [2.05, 4.69) is 5.32 Å². The summed E-state index contributed by atoms with van der Waals surface area (Å²) in [6.07, 6.45) is 0. The monoisotopic (exact) mass is 337 g/mol. The van der Waals surface area contributed by atoms with Gasteiger partial charge < -0.3 is 10.1 Å². The Kier molecular flexibility index (Phi) is 5.30. The maximum atomic E-state index is 11.8. The smallest absolute Gasteiger partial charge is 0.348 e. The fraction of sp³-hybridized carbons (Fsp3) is 0.133. The molecule has 0 saturated heterocycles. The van der Waals surface area contributed by atoms with Gasteiger partial charge in [-0.1, -0.05) is 11.6 Å². The van der Waals surface area contributed by atoms with Crippen LogP contribution in [0.1, 0.15) is 26.3 Å². The van der Waals surface area contributed by atoms with E-state index in [0.717, 1.165) is 11.3 Å². The van der Waals surface area contributed by atoms with E-state index in [9.17, 15) is 14.4 Å². The lowest BCUT2D eigenvalue weighted by atomic mass is 10.3. The van der Waals surface area contributed by atoms with Crippen LogP contribution >= 0.6 is 22.9 Å². The van der Waals surface area contributed by atoms with Gasteiger partial charge in [0.25, 0.3) is 5.91 Å². The van der Waals surface area contributed by atoms with E-state index in [4.69, 9.17) is 16.3 Å². The molecule has 22 heavy (non-hydrogen) atoms. The van der Waals surface area contributed by atoms with Crippen LogP contribution in [0.25, 0.3) is 0 Å². The third-order valence-corrected chi connectivity index (χ3v) is 4.03. The second-order valence-corrected chi connectivity index (χ2v) is 5.87. The number of rotatable bonds is 5. The first-order valence-corrected chi connectivity index (χ1v) is 7.48. The highest BCUT2D eigenvalue weighted by Gasteiger charge is 2.14. The van der Waals surface area contributed by atoms with Crippen molar-refractivity contribution in [1.82, 2.24) is 0 Å². The molecule has 0 aliphatic rings. The molecular formula is C15H12ClNO4S. The van der Waals surface area contributed by atoms with E-state index in [1.54, 1.807) is 30.3 Å². The van der Waals surface area contributed by atoms with Crippen molar-refractivity contribution in [3.8, 4) is 0 Å². The fourth-order valence-corrected chi connectivity index (χ4v) is 2.49. The summed E-state index contributed by atoms with van der Waals surface area (Å²) in [5, 5.41) is 3.13. The number of hydrogen-bond acceptors (Lipinski definition) is 5. The van der Waals surface area contributed by atoms with Gasteiger partial charge >= 0.3 is 5.97 Å². The van der Waals surface area contributed by atoms with Crippen LogP contribution < -0.4 is 5.32 Å². The van der Waals surface area contributed by atoms with Gasteiger partial charge in [0.15, 0.2) is 12.4 Å². The van der Waals surface area contributed by atoms with Crippen LogP contribution in [0.2, 0.25) is 5.02 Å². The van der Waals surface area contributed by atoms with Crippen LogP contribution in [0.15, 0.2) is 36.4 Å². The molecule has 5 nitrogen and oxygen atoms in total. The normalized spacial score (nSPS) is 10.1. The van der Waals surface area contributed by atoms with Crippen LogP contribution in [0.4, 0.5) is 5.69 Å². The van der Waals surface area contributed by atoms with Crippen molar-refractivity contribution < 1.29 is 19.1 Å². The zero-order valence-corrected chi connectivity index (χ0v) is 13.2. The minimum atomic E-state index is -0.635. The topological polar surface area (TPSA) is 72.5 Å². The summed E-state index contributed by atoms with van der Waals surface area (Å²) in [6, 6.07) is 9.61. The van der Waals surface area contributed by atoms with Gasteiger partial charge in [-0.15, -0.1) is 11.3 Å². The Morgan fingerprint density at radius 2 is 1.73 bits per heavy atom. The van der Waals surface area contributed by atoms with E-state index in [-0.39, 0.29) is 10.7 Å². The second kappa shape index (κ2) is 7.20. The molecule has 7 heteroatoms. The molecule has 0 spiro atoms. The van der Waals surface area contributed by atoms with Crippen molar-refractivity contribution >= 4 is 46.3 Å². The second-order valence-electron chi connectivity index (χ2n) is 4.35. The number of ether oxygens (including phenoxy) is 1. The summed E-state index contributed by atoms with van der Waals surface area (Å²) >= 11 is 6.77. The van der Waals surface area contributed by atoms with Crippen LogP contribution in [-0.2, 0) is 9.53 Å². The molecule has 1 N–H and O–H groups in total. The number of hydrogen-bond donors (Lipinski definition) is 1. The molecule has 0 aliphatic heterocycles. The quantitative estimate of drug-likeness (QED) is 0.670. The van der Waals surface area contributed by atoms with Crippen molar-refractivity contribution in [2.75, 3.05) is 11.9 Å². The lowest BCUT2D eigenvalue weighted by Gasteiger charge is -2.05. The largest absolute Gasteiger partial charge is 0.451 e. The zero-order chi connectivity index (χ0) is 16.1. The Labute approximate surface area is 135 Å². The maximum Gasteiger partial charge on any atom is 0.348 e. The van der Waals surface area contributed by atoms with Gasteiger partial charge in [0.05, 0.1) is 4.88 Å². The highest BCUT2D eigenvalue weighted by molar-refractivity contribution is 7.15. The summed E-state index contributed by atoms with van der Waals surface area (Å²) in [7, 11) is 0. The minimum absolute atomic E-state index is 0.121. The number of ketones is 1. The number of carbonyl (C=O) groups excluding carboxylic acids is 3. The minimum Gasteiger partial charge on any atom is -0.451 e. The number of nitrogens with one attached hydrogen (secondary N) is 1. The highest BCUT2D eigenvalue weighted by atomic mass is 35.5. The van der Waals surface area contributed by atoms with Crippen LogP contribution in [0, 0.1) is 0 Å². The first kappa shape index (κ1) is 16.2. The van der Waals surface area contributed by atoms with Gasteiger partial charge in [-0.05, 0) is 43.3 Å². The van der Waals surface area contributed by atoms with Crippen LogP contribution in [0.5, 0.6) is 0 Å². The van der Waals surface area contributed by atoms with Crippen molar-refractivity contribution in [2.45, 2.75) is 6.92 Å². The molecule has 1 aromatic carbocycles. The summed E-state index contributed by atoms with van der Waals surface area (Å²) in [4.78, 5) is 35.3. The molecular weight excluding hydrogens is 326 g/mol. The van der Waals surface area contributed by atoms with Gasteiger partial charge in [0, 0.05) is 10.7 Å². The number of esters is 1. The Bertz CT molecular complexity index is 709. The molecule has 0 bridgehead atoms. The first-order valence-electron chi connectivity index (χ1n) is 6.29. The molecule has 2 rings (SSSR count). The molecule has 0 saturated carbocycles. The molecule has 0 unspecified atom stereocenters. The van der Waals surface area contributed by atoms with Crippen molar-refractivity contribution in [3.05, 3.63) is 51.2 Å². The van der Waals surface area contributed by atoms with Crippen molar-refractivity contribution in [1.29, 1.82) is 0 Å².